The standard InChI is InChI=1S/C24H27ClN4OS/c25-21-14-8-7-13-20(21)23-27-28-24(29(23)19-11-5-2-6-12-19)31-17-22(30)26-16-15-18-9-3-1-4-10-18/h1,3-4,7-10,13-14,19H,2,5-6,11-12,15-17H2,(H,26,30). The Morgan fingerprint density at radius 2 is 1.77 bits per heavy atom. The molecule has 2 aromatic carbocycles. The third-order valence-electron chi connectivity index (χ3n) is 5.63. The second-order valence-corrected chi connectivity index (χ2v) is 9.17. The molecule has 1 N–H and O–H groups in total. The molecule has 0 spiro atoms. The van der Waals surface area contributed by atoms with Gasteiger partial charge in [-0.25, -0.2) is 0 Å². The van der Waals surface area contributed by atoms with Gasteiger partial charge in [0, 0.05) is 18.2 Å². The molecule has 5 nitrogen and oxygen atoms in total. The van der Waals surface area contributed by atoms with Crippen LogP contribution in [0, 0.1) is 0 Å². The largest absolute Gasteiger partial charge is 0.355 e. The minimum atomic E-state index is 0.0124. The molecule has 1 aliphatic rings. The molecule has 7 heteroatoms. The molecule has 1 fully saturated rings. The van der Waals surface area contributed by atoms with Crippen LogP contribution in [0.15, 0.2) is 59.8 Å². The number of hydrogen-bond acceptors (Lipinski definition) is 4. The number of benzene rings is 2. The van der Waals surface area contributed by atoms with Crippen molar-refractivity contribution in [3.63, 3.8) is 0 Å². The normalized spacial score (nSPS) is 14.5. The van der Waals surface area contributed by atoms with Gasteiger partial charge in [-0.2, -0.15) is 0 Å². The van der Waals surface area contributed by atoms with Crippen LogP contribution < -0.4 is 5.32 Å². The maximum atomic E-state index is 12.4. The number of carbonyl (C=O) groups is 1. The van der Waals surface area contributed by atoms with Crippen LogP contribution in [0.4, 0.5) is 0 Å². The molecule has 0 saturated heterocycles. The van der Waals surface area contributed by atoms with Crippen molar-refractivity contribution in [2.24, 2.45) is 0 Å². The van der Waals surface area contributed by atoms with Crippen molar-refractivity contribution in [3.05, 3.63) is 65.2 Å². The Labute approximate surface area is 192 Å². The van der Waals surface area contributed by atoms with Crippen LogP contribution in [0.3, 0.4) is 0 Å². The van der Waals surface area contributed by atoms with Gasteiger partial charge < -0.3 is 5.32 Å². The topological polar surface area (TPSA) is 59.8 Å². The van der Waals surface area contributed by atoms with E-state index in [4.69, 9.17) is 11.6 Å². The summed E-state index contributed by atoms with van der Waals surface area (Å²) in [7, 11) is 0. The van der Waals surface area contributed by atoms with E-state index in [9.17, 15) is 4.79 Å². The summed E-state index contributed by atoms with van der Waals surface area (Å²) in [6, 6.07) is 18.3. The lowest BCUT2D eigenvalue weighted by Crippen LogP contribution is -2.27. The van der Waals surface area contributed by atoms with Crippen LogP contribution in [-0.4, -0.2) is 33.0 Å². The summed E-state index contributed by atoms with van der Waals surface area (Å²) in [5, 5.41) is 13.4. The first-order valence-corrected chi connectivity index (χ1v) is 12.2. The second kappa shape index (κ2) is 10.8. The lowest BCUT2D eigenvalue weighted by atomic mass is 9.95. The van der Waals surface area contributed by atoms with Crippen molar-refractivity contribution in [1.29, 1.82) is 0 Å². The van der Waals surface area contributed by atoms with Gasteiger partial charge in [0.15, 0.2) is 11.0 Å². The average molecular weight is 455 g/mol. The maximum Gasteiger partial charge on any atom is 0.230 e. The Bertz CT molecular complexity index is 1000. The van der Waals surface area contributed by atoms with Gasteiger partial charge in [0.05, 0.1) is 10.8 Å². The zero-order valence-corrected chi connectivity index (χ0v) is 19.0. The summed E-state index contributed by atoms with van der Waals surface area (Å²) in [6.07, 6.45) is 6.71. The zero-order valence-electron chi connectivity index (χ0n) is 17.5. The van der Waals surface area contributed by atoms with Crippen LogP contribution in [0.2, 0.25) is 5.02 Å². The fraction of sp³-hybridized carbons (Fsp3) is 0.375. The molecule has 1 saturated carbocycles. The van der Waals surface area contributed by atoms with Crippen molar-refractivity contribution in [1.82, 2.24) is 20.1 Å². The van der Waals surface area contributed by atoms with Crippen molar-refractivity contribution < 1.29 is 4.79 Å². The molecule has 0 radical (unpaired) electrons. The van der Waals surface area contributed by atoms with Crippen molar-refractivity contribution >= 4 is 29.3 Å². The van der Waals surface area contributed by atoms with Crippen molar-refractivity contribution in [2.75, 3.05) is 12.3 Å². The first-order chi connectivity index (χ1) is 15.2. The van der Waals surface area contributed by atoms with Gasteiger partial charge in [0.1, 0.15) is 0 Å². The molecule has 1 aliphatic carbocycles. The van der Waals surface area contributed by atoms with Gasteiger partial charge in [-0.05, 0) is 37.0 Å². The van der Waals surface area contributed by atoms with E-state index in [1.165, 1.54) is 36.6 Å². The molecule has 0 atom stereocenters. The Hall–Kier alpha value is -2.31. The Morgan fingerprint density at radius 3 is 2.55 bits per heavy atom. The highest BCUT2D eigenvalue weighted by Gasteiger charge is 2.25. The summed E-state index contributed by atoms with van der Waals surface area (Å²) >= 11 is 7.91. The summed E-state index contributed by atoms with van der Waals surface area (Å²) < 4.78 is 2.21. The van der Waals surface area contributed by atoms with Gasteiger partial charge in [-0.3, -0.25) is 9.36 Å². The van der Waals surface area contributed by atoms with E-state index in [0.29, 0.717) is 23.4 Å². The Kier molecular flexibility index (Phi) is 7.65. The van der Waals surface area contributed by atoms with E-state index in [0.717, 1.165) is 35.8 Å². The lowest BCUT2D eigenvalue weighted by Gasteiger charge is -2.25. The summed E-state index contributed by atoms with van der Waals surface area (Å²) in [6.45, 7) is 0.629. The molecule has 3 aromatic rings. The third kappa shape index (κ3) is 5.69. The fourth-order valence-corrected chi connectivity index (χ4v) is 5.10. The number of carbonyl (C=O) groups excluding carboxylic acids is 1. The van der Waals surface area contributed by atoms with E-state index in [-0.39, 0.29) is 5.91 Å². The minimum Gasteiger partial charge on any atom is -0.355 e. The van der Waals surface area contributed by atoms with Gasteiger partial charge in [-0.15, -0.1) is 10.2 Å². The Balaban J connectivity index is 1.44. The van der Waals surface area contributed by atoms with Gasteiger partial charge >= 0.3 is 0 Å². The number of hydrogen-bond donors (Lipinski definition) is 1. The molecular formula is C24H27ClN4OS. The molecule has 1 aromatic heterocycles. The molecule has 162 valence electrons. The lowest BCUT2D eigenvalue weighted by molar-refractivity contribution is -0.118. The summed E-state index contributed by atoms with van der Waals surface area (Å²) in [5.41, 5.74) is 2.11. The van der Waals surface area contributed by atoms with Gasteiger partial charge in [0.2, 0.25) is 5.91 Å². The van der Waals surface area contributed by atoms with Crippen molar-refractivity contribution in [3.8, 4) is 11.4 Å². The predicted octanol–water partition coefficient (Wildman–Crippen LogP) is 5.55. The van der Waals surface area contributed by atoms with Crippen molar-refractivity contribution in [2.45, 2.75) is 49.7 Å². The molecule has 31 heavy (non-hydrogen) atoms. The highest BCUT2D eigenvalue weighted by Crippen LogP contribution is 2.37. The minimum absolute atomic E-state index is 0.0124. The number of halogens is 1. The number of nitrogens with one attached hydrogen (secondary N) is 1. The van der Waals surface area contributed by atoms with Crippen LogP contribution in [0.1, 0.15) is 43.7 Å². The molecule has 1 amide bonds. The Morgan fingerprint density at radius 1 is 1.03 bits per heavy atom. The van der Waals surface area contributed by atoms with Gasteiger partial charge in [0.25, 0.3) is 0 Å². The summed E-state index contributed by atoms with van der Waals surface area (Å²) in [4.78, 5) is 12.4. The molecular weight excluding hydrogens is 428 g/mol. The molecule has 4 rings (SSSR count). The first-order valence-electron chi connectivity index (χ1n) is 10.9. The average Bonchev–Trinajstić information content (AvgIpc) is 3.23. The number of amides is 1. The number of thioether (sulfide) groups is 1. The van der Waals surface area contributed by atoms with Gasteiger partial charge in [-0.1, -0.05) is 85.1 Å². The zero-order chi connectivity index (χ0) is 21.5. The second-order valence-electron chi connectivity index (χ2n) is 7.82. The number of aromatic nitrogens is 3. The number of nitrogens with zero attached hydrogens (tertiary/aromatic N) is 3. The van der Waals surface area contributed by atoms with E-state index >= 15 is 0 Å². The van der Waals surface area contributed by atoms with E-state index < -0.39 is 0 Å². The summed E-state index contributed by atoms with van der Waals surface area (Å²) in [5.74, 6) is 1.13. The molecule has 0 aliphatic heterocycles. The monoisotopic (exact) mass is 454 g/mol. The predicted molar refractivity (Wildman–Crippen MR) is 126 cm³/mol. The third-order valence-corrected chi connectivity index (χ3v) is 6.90. The van der Waals surface area contributed by atoms with Crippen LogP contribution in [0.25, 0.3) is 11.4 Å². The molecule has 0 bridgehead atoms. The van der Waals surface area contributed by atoms with Crippen LogP contribution in [0.5, 0.6) is 0 Å². The quantitative estimate of drug-likeness (QED) is 0.453. The van der Waals surface area contributed by atoms with Crippen LogP contribution in [-0.2, 0) is 11.2 Å². The highest BCUT2D eigenvalue weighted by molar-refractivity contribution is 7.99. The van der Waals surface area contributed by atoms with Crippen LogP contribution >= 0.6 is 23.4 Å². The van der Waals surface area contributed by atoms with E-state index in [2.05, 4.69) is 32.2 Å². The number of rotatable bonds is 8. The van der Waals surface area contributed by atoms with E-state index in [1.54, 1.807) is 0 Å². The fourth-order valence-electron chi connectivity index (χ4n) is 4.04. The smallest absolute Gasteiger partial charge is 0.230 e. The molecule has 1 heterocycles. The van der Waals surface area contributed by atoms with E-state index in [1.807, 2.05) is 42.5 Å². The SMILES string of the molecule is O=C(CSc1nnc(-c2ccccc2Cl)n1C1CCCCC1)NCCc1ccccc1. The molecule has 0 unspecified atom stereocenters. The highest BCUT2D eigenvalue weighted by atomic mass is 35.5. The maximum absolute atomic E-state index is 12.4. The first kappa shape index (κ1) is 21.9.